The van der Waals surface area contributed by atoms with Crippen molar-refractivity contribution in [3.05, 3.63) is 246 Å². The second-order valence-corrected chi connectivity index (χ2v) is 26.6. The number of phenolic OH excluding ortho intramolecular Hbond substituents is 1. The molecule has 0 atom stereocenters. The number of hydrogen-bond acceptors (Lipinski definition) is 4. The molecule has 13 aromatic rings. The Morgan fingerprint density at radius 1 is 0.378 bits per heavy atom. The maximum absolute atomic E-state index is 13.2. The van der Waals surface area contributed by atoms with Gasteiger partial charge in [-0.15, -0.1) is 0 Å². The Kier molecular flexibility index (Phi) is 15.3. The van der Waals surface area contributed by atoms with Gasteiger partial charge in [0.05, 0.1) is 22.7 Å². The summed E-state index contributed by atoms with van der Waals surface area (Å²) in [5, 5.41) is 22.8. The highest BCUT2D eigenvalue weighted by Gasteiger charge is 2.30. The summed E-state index contributed by atoms with van der Waals surface area (Å²) < 4.78 is 7.44. The third-order valence-corrected chi connectivity index (χ3v) is 20.7. The van der Waals surface area contributed by atoms with Gasteiger partial charge in [-0.2, -0.15) is 0 Å². The molecule has 2 fully saturated rings. The second kappa shape index (κ2) is 24.0. The van der Waals surface area contributed by atoms with Crippen LogP contribution in [-0.2, 0) is 12.8 Å². The summed E-state index contributed by atoms with van der Waals surface area (Å²) in [6.07, 6.45) is 14.6. The number of benzene rings is 12. The third-order valence-electron chi connectivity index (χ3n) is 20.7. The van der Waals surface area contributed by atoms with Gasteiger partial charge in [0.15, 0.2) is 5.58 Å². The number of para-hydroxylation sites is 3. The third kappa shape index (κ3) is 9.99. The molecule has 0 bridgehead atoms. The highest BCUT2D eigenvalue weighted by atomic mass is 16.3. The molecule has 4 nitrogen and oxygen atoms in total. The lowest BCUT2D eigenvalue weighted by molar-refractivity contribution is 0.443. The molecule has 90 heavy (non-hydrogen) atoms. The smallest absolute Gasteiger partial charge is 0.159 e. The van der Waals surface area contributed by atoms with E-state index in [0.717, 1.165) is 96.5 Å². The van der Waals surface area contributed by atoms with E-state index < -0.39 is 0 Å². The van der Waals surface area contributed by atoms with Crippen LogP contribution >= 0.6 is 0 Å². The summed E-state index contributed by atoms with van der Waals surface area (Å²) in [6, 6.07) is 79.5. The minimum atomic E-state index is 0.181. The Hall–Kier alpha value is -9.12. The highest BCUT2D eigenvalue weighted by Crippen LogP contribution is 2.54. The minimum Gasteiger partial charge on any atom is -0.505 e. The van der Waals surface area contributed by atoms with Crippen LogP contribution in [0, 0.1) is 0 Å². The Balaban J connectivity index is 0.981. The topological polar surface area (TPSA) is 39.9 Å². The number of furan rings is 1. The van der Waals surface area contributed by atoms with Crippen LogP contribution in [0.15, 0.2) is 217 Å². The van der Waals surface area contributed by atoms with E-state index in [1.807, 2.05) is 0 Å². The van der Waals surface area contributed by atoms with Crippen molar-refractivity contribution in [1.82, 2.24) is 0 Å². The summed E-state index contributed by atoms with van der Waals surface area (Å²) in [5.41, 5.74) is 22.3. The van der Waals surface area contributed by atoms with Crippen molar-refractivity contribution in [3.63, 3.8) is 0 Å². The van der Waals surface area contributed by atoms with Gasteiger partial charge in [0.1, 0.15) is 11.3 Å². The predicted octanol–water partition coefficient (Wildman–Crippen LogP) is 25.6. The zero-order chi connectivity index (χ0) is 61.1. The quantitative estimate of drug-likeness (QED) is 0.104. The lowest BCUT2D eigenvalue weighted by atomic mass is 9.83. The summed E-state index contributed by atoms with van der Waals surface area (Å²) in [6.45, 7) is 13.8. The Bertz CT molecular complexity index is 4780. The monoisotopic (exact) mass is 1170 g/mol. The van der Waals surface area contributed by atoms with Gasteiger partial charge in [-0.05, 0) is 194 Å². The SMILES string of the molecule is CCc1ccccc1-c1cccc(-c2cccc(N(c3ccc(C4CCCCC4)cc3)c3cc(C(C)C)c4ccc5c(N(c6ccc(C7CCCCC7)cc6)c6cccc7c6oc6c(-c8ccccc8CC)cccc67)cc(C(C)C)c6ccc3c4c65)c2O)c1. The molecule has 0 aliphatic heterocycles. The van der Waals surface area contributed by atoms with Crippen molar-refractivity contribution in [1.29, 1.82) is 0 Å². The van der Waals surface area contributed by atoms with Crippen LogP contribution < -0.4 is 9.80 Å². The molecule has 0 saturated heterocycles. The molecule has 2 saturated carbocycles. The van der Waals surface area contributed by atoms with E-state index in [1.54, 1.807) is 0 Å². The van der Waals surface area contributed by atoms with Crippen molar-refractivity contribution in [2.75, 3.05) is 9.80 Å². The Morgan fingerprint density at radius 3 is 1.37 bits per heavy atom. The fourth-order valence-corrected chi connectivity index (χ4v) is 16.0. The molecule has 12 aromatic carbocycles. The molecular weight excluding hydrogens is 1090 g/mol. The molecule has 1 aromatic heterocycles. The maximum atomic E-state index is 13.2. The standard InChI is InChI=1S/C86H82N2O2/c1-7-56-23-15-17-31-66(56)62-29-19-30-63(51-62)68-33-21-37-78(84(68)89)87(64-43-39-60(40-44-64)58-25-11-9-12-26-58)80-52-76(54(3)4)69-48-50-75-81(53-77(55(5)6)70-47-49-74(80)82(69)83(70)75)88(65-45-41-61(42-46-65)59-27-13-10-14-28-59)79-38-22-36-73-72-35-20-34-71(85(72)90-86(73)79)67-32-18-16-24-57(67)8-2/h15-24,29-55,58-59,89H,7-14,25-28H2,1-6H3. The normalized spacial score (nSPS) is 14.4. The molecule has 1 heterocycles. The van der Waals surface area contributed by atoms with Crippen LogP contribution in [-0.4, -0.2) is 5.11 Å². The van der Waals surface area contributed by atoms with Crippen LogP contribution in [0.1, 0.15) is 163 Å². The molecule has 0 amide bonds. The summed E-state index contributed by atoms with van der Waals surface area (Å²) >= 11 is 0. The van der Waals surface area contributed by atoms with Gasteiger partial charge in [-0.1, -0.05) is 238 Å². The lowest BCUT2D eigenvalue weighted by Crippen LogP contribution is -2.14. The molecule has 0 spiro atoms. The van der Waals surface area contributed by atoms with E-state index in [9.17, 15) is 5.11 Å². The van der Waals surface area contributed by atoms with Crippen molar-refractivity contribution in [2.24, 2.45) is 0 Å². The van der Waals surface area contributed by atoms with Crippen molar-refractivity contribution >= 4 is 88.4 Å². The first kappa shape index (κ1) is 57.3. The predicted molar refractivity (Wildman–Crippen MR) is 383 cm³/mol. The first-order valence-electron chi connectivity index (χ1n) is 33.8. The molecule has 4 heteroatoms. The van der Waals surface area contributed by atoms with E-state index in [-0.39, 0.29) is 17.6 Å². The fraction of sp³-hybridized carbons (Fsp3) is 0.256. The number of aryl methyl sites for hydroxylation is 2. The summed E-state index contributed by atoms with van der Waals surface area (Å²) in [5.74, 6) is 1.77. The largest absolute Gasteiger partial charge is 0.505 e. The highest BCUT2D eigenvalue weighted by molar-refractivity contribution is 6.30. The summed E-state index contributed by atoms with van der Waals surface area (Å²) in [7, 11) is 0. The van der Waals surface area contributed by atoms with Crippen LogP contribution in [0.3, 0.4) is 0 Å². The van der Waals surface area contributed by atoms with Crippen LogP contribution in [0.4, 0.5) is 34.1 Å². The molecule has 2 aliphatic rings. The van der Waals surface area contributed by atoms with Gasteiger partial charge in [-0.3, -0.25) is 0 Å². The molecule has 0 radical (unpaired) electrons. The van der Waals surface area contributed by atoms with Crippen molar-refractivity contribution in [3.8, 4) is 39.1 Å². The van der Waals surface area contributed by atoms with E-state index in [2.05, 4.69) is 264 Å². The average molecular weight is 1180 g/mol. The zero-order valence-corrected chi connectivity index (χ0v) is 53.3. The zero-order valence-electron chi connectivity index (χ0n) is 53.3. The number of anilines is 6. The van der Waals surface area contributed by atoms with Crippen LogP contribution in [0.25, 0.3) is 87.6 Å². The molecular formula is C86H82N2O2. The van der Waals surface area contributed by atoms with Gasteiger partial charge >= 0.3 is 0 Å². The Morgan fingerprint density at radius 2 is 0.811 bits per heavy atom. The van der Waals surface area contributed by atoms with Gasteiger partial charge in [-0.25, -0.2) is 0 Å². The van der Waals surface area contributed by atoms with Gasteiger partial charge in [0.2, 0.25) is 0 Å². The number of aromatic hydroxyl groups is 1. The number of hydrogen-bond donors (Lipinski definition) is 1. The average Bonchev–Trinajstić information content (AvgIpc) is 0.726. The van der Waals surface area contributed by atoms with E-state index in [0.29, 0.717) is 11.8 Å². The maximum Gasteiger partial charge on any atom is 0.159 e. The van der Waals surface area contributed by atoms with Crippen molar-refractivity contribution in [2.45, 2.75) is 142 Å². The van der Waals surface area contributed by atoms with Crippen molar-refractivity contribution < 1.29 is 9.52 Å². The molecule has 448 valence electrons. The molecule has 1 N–H and O–H groups in total. The van der Waals surface area contributed by atoms with Gasteiger partial charge in [0, 0.05) is 44.0 Å². The van der Waals surface area contributed by atoms with E-state index in [1.165, 1.54) is 136 Å². The van der Waals surface area contributed by atoms with E-state index in [4.69, 9.17) is 4.42 Å². The first-order chi connectivity index (χ1) is 44.1. The molecule has 0 unspecified atom stereocenters. The van der Waals surface area contributed by atoms with Gasteiger partial charge < -0.3 is 19.3 Å². The first-order valence-corrected chi connectivity index (χ1v) is 33.8. The number of phenols is 1. The molecule has 15 rings (SSSR count). The summed E-state index contributed by atoms with van der Waals surface area (Å²) in [4.78, 5) is 4.90. The number of nitrogens with zero attached hydrogens (tertiary/aromatic N) is 2. The minimum absolute atomic E-state index is 0.181. The number of fused-ring (bicyclic) bond motifs is 3. The lowest BCUT2D eigenvalue weighted by Gasteiger charge is -2.32. The van der Waals surface area contributed by atoms with Crippen LogP contribution in [0.2, 0.25) is 0 Å². The second-order valence-electron chi connectivity index (χ2n) is 26.6. The number of rotatable bonds is 15. The van der Waals surface area contributed by atoms with E-state index >= 15 is 0 Å². The molecule has 2 aliphatic carbocycles. The Labute approximate surface area is 531 Å². The van der Waals surface area contributed by atoms with Gasteiger partial charge in [0.25, 0.3) is 0 Å². The van der Waals surface area contributed by atoms with Crippen LogP contribution in [0.5, 0.6) is 5.75 Å². The fourth-order valence-electron chi connectivity index (χ4n) is 16.0.